The molecule has 0 heterocycles. The Bertz CT molecular complexity index is 945. The maximum atomic E-state index is 12.9. The molecular weight excluding hydrogens is 372 g/mol. The second-order valence-corrected chi connectivity index (χ2v) is 8.44. The SMILES string of the molecule is CC(C)=C[C@H]1[C@@H](C(=O)Nc2ccccc2C(=O)Nc2ccccc2Cl)C1(C)C. The minimum Gasteiger partial charge on any atom is -0.325 e. The monoisotopic (exact) mass is 396 g/mol. The number of hydrogen-bond acceptors (Lipinski definition) is 2. The first-order valence-electron chi connectivity index (χ1n) is 9.32. The van der Waals surface area contributed by atoms with Crippen molar-refractivity contribution in [2.24, 2.45) is 17.3 Å². The number of para-hydroxylation sites is 2. The molecule has 1 aliphatic rings. The lowest BCUT2D eigenvalue weighted by atomic mass is 10.1. The van der Waals surface area contributed by atoms with E-state index >= 15 is 0 Å². The third-order valence-electron chi connectivity index (χ3n) is 5.26. The number of rotatable bonds is 5. The van der Waals surface area contributed by atoms with Crippen molar-refractivity contribution in [3.05, 3.63) is 70.8 Å². The van der Waals surface area contributed by atoms with E-state index in [9.17, 15) is 9.59 Å². The summed E-state index contributed by atoms with van der Waals surface area (Å²) in [5, 5.41) is 6.21. The molecule has 146 valence electrons. The maximum absolute atomic E-state index is 12.9. The van der Waals surface area contributed by atoms with Gasteiger partial charge in [-0.05, 0) is 49.4 Å². The van der Waals surface area contributed by atoms with E-state index in [2.05, 4.69) is 30.6 Å². The predicted octanol–water partition coefficient (Wildman–Crippen LogP) is 5.77. The molecule has 0 radical (unpaired) electrons. The molecule has 0 unspecified atom stereocenters. The van der Waals surface area contributed by atoms with Crippen LogP contribution in [0, 0.1) is 17.3 Å². The van der Waals surface area contributed by atoms with Crippen molar-refractivity contribution in [3.8, 4) is 0 Å². The Balaban J connectivity index is 1.78. The van der Waals surface area contributed by atoms with E-state index in [-0.39, 0.29) is 29.1 Å². The topological polar surface area (TPSA) is 58.2 Å². The quantitative estimate of drug-likeness (QED) is 0.630. The van der Waals surface area contributed by atoms with E-state index in [1.54, 1.807) is 48.5 Å². The van der Waals surface area contributed by atoms with Gasteiger partial charge in [-0.15, -0.1) is 0 Å². The minimum atomic E-state index is -0.320. The molecule has 1 fully saturated rings. The summed E-state index contributed by atoms with van der Waals surface area (Å²) < 4.78 is 0. The number of anilines is 2. The number of benzene rings is 2. The lowest BCUT2D eigenvalue weighted by Gasteiger charge is -2.12. The Morgan fingerprint density at radius 3 is 2.21 bits per heavy atom. The first-order chi connectivity index (χ1) is 13.2. The molecule has 3 rings (SSSR count). The minimum absolute atomic E-state index is 0.0644. The first-order valence-corrected chi connectivity index (χ1v) is 9.70. The average molecular weight is 397 g/mol. The maximum Gasteiger partial charge on any atom is 0.257 e. The summed E-state index contributed by atoms with van der Waals surface area (Å²) in [6.07, 6.45) is 2.15. The largest absolute Gasteiger partial charge is 0.325 e. The van der Waals surface area contributed by atoms with Crippen LogP contribution in [0.5, 0.6) is 0 Å². The zero-order valence-electron chi connectivity index (χ0n) is 16.5. The van der Waals surface area contributed by atoms with E-state index in [1.807, 2.05) is 13.8 Å². The summed E-state index contributed by atoms with van der Waals surface area (Å²) in [5.41, 5.74) is 2.54. The highest BCUT2D eigenvalue weighted by atomic mass is 35.5. The molecule has 2 N–H and O–H groups in total. The highest BCUT2D eigenvalue weighted by molar-refractivity contribution is 6.34. The van der Waals surface area contributed by atoms with Crippen LogP contribution in [0.2, 0.25) is 5.02 Å². The van der Waals surface area contributed by atoms with Crippen molar-refractivity contribution in [1.29, 1.82) is 0 Å². The van der Waals surface area contributed by atoms with Crippen LogP contribution < -0.4 is 10.6 Å². The zero-order valence-corrected chi connectivity index (χ0v) is 17.3. The molecule has 5 heteroatoms. The summed E-state index contributed by atoms with van der Waals surface area (Å²) in [6.45, 7) is 8.27. The Kier molecular flexibility index (Phi) is 5.61. The summed E-state index contributed by atoms with van der Waals surface area (Å²) in [6, 6.07) is 14.0. The van der Waals surface area contributed by atoms with Crippen molar-refractivity contribution >= 4 is 34.8 Å². The van der Waals surface area contributed by atoms with Crippen LogP contribution in [-0.2, 0) is 4.79 Å². The molecule has 0 spiro atoms. The van der Waals surface area contributed by atoms with E-state index in [1.165, 1.54) is 5.57 Å². The Labute approximate surface area is 171 Å². The van der Waals surface area contributed by atoms with Gasteiger partial charge in [-0.1, -0.05) is 61.4 Å². The van der Waals surface area contributed by atoms with Crippen LogP contribution in [0.3, 0.4) is 0 Å². The molecule has 0 saturated heterocycles. The van der Waals surface area contributed by atoms with Crippen molar-refractivity contribution in [1.82, 2.24) is 0 Å². The van der Waals surface area contributed by atoms with Gasteiger partial charge in [-0.25, -0.2) is 0 Å². The Morgan fingerprint density at radius 1 is 0.964 bits per heavy atom. The molecule has 4 nitrogen and oxygen atoms in total. The van der Waals surface area contributed by atoms with Gasteiger partial charge >= 0.3 is 0 Å². The number of nitrogens with one attached hydrogen (secondary N) is 2. The van der Waals surface area contributed by atoms with Crippen LogP contribution in [0.4, 0.5) is 11.4 Å². The fourth-order valence-corrected chi connectivity index (χ4v) is 3.78. The van der Waals surface area contributed by atoms with E-state index in [0.29, 0.717) is 22.0 Å². The van der Waals surface area contributed by atoms with E-state index < -0.39 is 0 Å². The molecule has 0 aliphatic heterocycles. The smallest absolute Gasteiger partial charge is 0.257 e. The Hall–Kier alpha value is -2.59. The number of carbonyl (C=O) groups is 2. The number of amides is 2. The fourth-order valence-electron chi connectivity index (χ4n) is 3.60. The number of allylic oxidation sites excluding steroid dienone is 2. The van der Waals surface area contributed by atoms with Gasteiger partial charge < -0.3 is 10.6 Å². The van der Waals surface area contributed by atoms with Crippen LogP contribution in [0.25, 0.3) is 0 Å². The second kappa shape index (κ2) is 7.80. The average Bonchev–Trinajstić information content (AvgIpc) is 3.16. The van der Waals surface area contributed by atoms with Gasteiger partial charge in [0.05, 0.1) is 27.9 Å². The highest BCUT2D eigenvalue weighted by Crippen LogP contribution is 2.59. The number of carbonyl (C=O) groups excluding carboxylic acids is 2. The van der Waals surface area contributed by atoms with Gasteiger partial charge in [-0.2, -0.15) is 0 Å². The van der Waals surface area contributed by atoms with Crippen molar-refractivity contribution in [3.63, 3.8) is 0 Å². The van der Waals surface area contributed by atoms with E-state index in [0.717, 1.165) is 0 Å². The lowest BCUT2D eigenvalue weighted by molar-refractivity contribution is -0.118. The molecular formula is C23H25ClN2O2. The van der Waals surface area contributed by atoms with Gasteiger partial charge in [-0.3, -0.25) is 9.59 Å². The van der Waals surface area contributed by atoms with Crippen LogP contribution in [-0.4, -0.2) is 11.8 Å². The third kappa shape index (κ3) is 4.12. The van der Waals surface area contributed by atoms with Crippen LogP contribution >= 0.6 is 11.6 Å². The van der Waals surface area contributed by atoms with Gasteiger partial charge in [0.2, 0.25) is 5.91 Å². The molecule has 28 heavy (non-hydrogen) atoms. The summed E-state index contributed by atoms with van der Waals surface area (Å²) in [5.74, 6) is -0.283. The molecule has 2 aromatic rings. The van der Waals surface area contributed by atoms with Crippen molar-refractivity contribution in [2.45, 2.75) is 27.7 Å². The third-order valence-corrected chi connectivity index (χ3v) is 5.59. The fraction of sp³-hybridized carbons (Fsp3) is 0.304. The summed E-state index contributed by atoms with van der Waals surface area (Å²) >= 11 is 6.13. The Morgan fingerprint density at radius 2 is 1.57 bits per heavy atom. The lowest BCUT2D eigenvalue weighted by Crippen LogP contribution is -2.20. The van der Waals surface area contributed by atoms with Gasteiger partial charge in [0.25, 0.3) is 5.91 Å². The number of halogens is 1. The molecule has 1 aliphatic carbocycles. The van der Waals surface area contributed by atoms with Gasteiger partial charge in [0.15, 0.2) is 0 Å². The molecule has 2 amide bonds. The number of hydrogen-bond donors (Lipinski definition) is 2. The van der Waals surface area contributed by atoms with E-state index in [4.69, 9.17) is 11.6 Å². The molecule has 0 aromatic heterocycles. The molecule has 2 atom stereocenters. The molecule has 0 bridgehead atoms. The van der Waals surface area contributed by atoms with Crippen molar-refractivity contribution < 1.29 is 9.59 Å². The standard InChI is InChI=1S/C23H25ClN2O2/c1-14(2)13-16-20(23(16,3)4)22(28)25-18-11-7-5-9-15(18)21(27)26-19-12-8-6-10-17(19)24/h5-13,16,20H,1-4H3,(H,25,28)(H,26,27)/t16-,20-/m0/s1. The summed E-state index contributed by atoms with van der Waals surface area (Å²) in [4.78, 5) is 25.6. The second-order valence-electron chi connectivity index (χ2n) is 8.04. The normalized spacial score (nSPS) is 19.5. The van der Waals surface area contributed by atoms with Crippen LogP contribution in [0.15, 0.2) is 60.2 Å². The highest BCUT2D eigenvalue weighted by Gasteiger charge is 2.60. The molecule has 2 aromatic carbocycles. The van der Waals surface area contributed by atoms with Gasteiger partial charge in [0, 0.05) is 0 Å². The predicted molar refractivity (Wildman–Crippen MR) is 115 cm³/mol. The van der Waals surface area contributed by atoms with Gasteiger partial charge in [0.1, 0.15) is 0 Å². The van der Waals surface area contributed by atoms with Crippen LogP contribution in [0.1, 0.15) is 38.1 Å². The summed E-state index contributed by atoms with van der Waals surface area (Å²) in [7, 11) is 0. The van der Waals surface area contributed by atoms with Crippen molar-refractivity contribution in [2.75, 3.05) is 10.6 Å². The molecule has 1 saturated carbocycles. The first kappa shape index (κ1) is 20.2. The zero-order chi connectivity index (χ0) is 20.5.